The zero-order chi connectivity index (χ0) is 10.1. The van der Waals surface area contributed by atoms with Crippen molar-refractivity contribution in [2.45, 2.75) is 31.2 Å². The predicted molar refractivity (Wildman–Crippen MR) is 56.0 cm³/mol. The van der Waals surface area contributed by atoms with E-state index in [1.54, 1.807) is 12.1 Å². The first kappa shape index (κ1) is 9.94. The van der Waals surface area contributed by atoms with E-state index in [4.69, 9.17) is 17.3 Å². The van der Waals surface area contributed by atoms with Crippen LogP contribution in [0.3, 0.4) is 0 Å². The standard InChI is InChI=1S/C11H13ClFN/c12-7-4-5-8(10(13)6-7)9-2-1-3-11(9)14/h4-6,9,11H,1-3,14H2. The molecule has 0 heterocycles. The lowest BCUT2D eigenvalue weighted by Gasteiger charge is -2.16. The Balaban J connectivity index is 2.31. The average molecular weight is 214 g/mol. The molecule has 0 amide bonds. The Bertz CT molecular complexity index is 340. The first-order valence-electron chi connectivity index (χ1n) is 4.89. The Hall–Kier alpha value is -0.600. The van der Waals surface area contributed by atoms with Gasteiger partial charge >= 0.3 is 0 Å². The van der Waals surface area contributed by atoms with Gasteiger partial charge in [0, 0.05) is 17.0 Å². The Kier molecular flexibility index (Phi) is 2.75. The van der Waals surface area contributed by atoms with Crippen LogP contribution in [0.15, 0.2) is 18.2 Å². The van der Waals surface area contributed by atoms with Crippen LogP contribution in [0.25, 0.3) is 0 Å². The summed E-state index contributed by atoms with van der Waals surface area (Å²) in [5, 5.41) is 0.442. The molecule has 3 heteroatoms. The van der Waals surface area contributed by atoms with Gasteiger partial charge in [0.15, 0.2) is 0 Å². The molecule has 0 bridgehead atoms. The minimum atomic E-state index is -0.222. The van der Waals surface area contributed by atoms with Gasteiger partial charge in [0.2, 0.25) is 0 Å². The van der Waals surface area contributed by atoms with Gasteiger partial charge in [-0.1, -0.05) is 24.1 Å². The zero-order valence-electron chi connectivity index (χ0n) is 7.84. The van der Waals surface area contributed by atoms with Gasteiger partial charge in [-0.15, -0.1) is 0 Å². The summed E-state index contributed by atoms with van der Waals surface area (Å²) in [6, 6.07) is 4.95. The minimum absolute atomic E-state index is 0.102. The van der Waals surface area contributed by atoms with Crippen LogP contribution in [0, 0.1) is 5.82 Å². The summed E-state index contributed by atoms with van der Waals surface area (Å²) in [7, 11) is 0. The van der Waals surface area contributed by atoms with Crippen molar-refractivity contribution in [2.24, 2.45) is 5.73 Å². The van der Waals surface area contributed by atoms with Gasteiger partial charge in [-0.25, -0.2) is 4.39 Å². The third-order valence-corrected chi connectivity index (χ3v) is 3.17. The second-order valence-corrected chi connectivity index (χ2v) is 4.30. The SMILES string of the molecule is NC1CCCC1c1ccc(Cl)cc1F. The number of hydrogen-bond donors (Lipinski definition) is 1. The molecule has 76 valence electrons. The van der Waals surface area contributed by atoms with E-state index in [1.165, 1.54) is 6.07 Å². The van der Waals surface area contributed by atoms with Crippen LogP contribution in [0.5, 0.6) is 0 Å². The highest BCUT2D eigenvalue weighted by Gasteiger charge is 2.27. The van der Waals surface area contributed by atoms with E-state index in [2.05, 4.69) is 0 Å². The Labute approximate surface area is 88.1 Å². The van der Waals surface area contributed by atoms with Crippen molar-refractivity contribution < 1.29 is 4.39 Å². The third-order valence-electron chi connectivity index (χ3n) is 2.93. The van der Waals surface area contributed by atoms with Crippen molar-refractivity contribution in [2.75, 3.05) is 0 Å². The Morgan fingerprint density at radius 3 is 2.71 bits per heavy atom. The molecule has 0 spiro atoms. The first-order valence-corrected chi connectivity index (χ1v) is 5.27. The van der Waals surface area contributed by atoms with E-state index < -0.39 is 0 Å². The van der Waals surface area contributed by atoms with Crippen molar-refractivity contribution in [3.8, 4) is 0 Å². The van der Waals surface area contributed by atoms with Crippen LogP contribution < -0.4 is 5.73 Å². The van der Waals surface area contributed by atoms with Gasteiger partial charge in [0.25, 0.3) is 0 Å². The van der Waals surface area contributed by atoms with Crippen LogP contribution in [0.4, 0.5) is 4.39 Å². The summed E-state index contributed by atoms with van der Waals surface area (Å²) in [6.07, 6.45) is 3.07. The molecule has 1 nitrogen and oxygen atoms in total. The summed E-state index contributed by atoms with van der Waals surface area (Å²) in [5.41, 5.74) is 6.64. The van der Waals surface area contributed by atoms with E-state index in [9.17, 15) is 4.39 Å². The summed E-state index contributed by atoms with van der Waals surface area (Å²) >= 11 is 5.69. The molecule has 1 aromatic carbocycles. The molecular formula is C11H13ClFN. The predicted octanol–water partition coefficient (Wildman–Crippen LogP) is 3.07. The van der Waals surface area contributed by atoms with Crippen molar-refractivity contribution in [3.05, 3.63) is 34.6 Å². The van der Waals surface area contributed by atoms with Gasteiger partial charge in [-0.3, -0.25) is 0 Å². The molecule has 2 atom stereocenters. The van der Waals surface area contributed by atoms with E-state index in [0.717, 1.165) is 24.8 Å². The van der Waals surface area contributed by atoms with Gasteiger partial charge in [0.1, 0.15) is 5.82 Å². The summed E-state index contributed by atoms with van der Waals surface area (Å²) in [5.74, 6) is -0.0490. The lowest BCUT2D eigenvalue weighted by Crippen LogP contribution is -2.23. The summed E-state index contributed by atoms with van der Waals surface area (Å²) < 4.78 is 13.5. The minimum Gasteiger partial charge on any atom is -0.327 e. The molecular weight excluding hydrogens is 201 g/mol. The van der Waals surface area contributed by atoms with Crippen molar-refractivity contribution in [1.29, 1.82) is 0 Å². The molecule has 14 heavy (non-hydrogen) atoms. The van der Waals surface area contributed by atoms with Crippen LogP contribution in [-0.2, 0) is 0 Å². The highest BCUT2D eigenvalue weighted by Crippen LogP contribution is 2.35. The van der Waals surface area contributed by atoms with Crippen molar-refractivity contribution in [1.82, 2.24) is 0 Å². The largest absolute Gasteiger partial charge is 0.327 e. The average Bonchev–Trinajstić information content (AvgIpc) is 2.52. The Morgan fingerprint density at radius 1 is 1.36 bits per heavy atom. The summed E-state index contributed by atoms with van der Waals surface area (Å²) in [4.78, 5) is 0. The molecule has 2 rings (SSSR count). The van der Waals surface area contributed by atoms with Gasteiger partial charge in [-0.2, -0.15) is 0 Å². The number of hydrogen-bond acceptors (Lipinski definition) is 1. The summed E-state index contributed by atoms with van der Waals surface area (Å²) in [6.45, 7) is 0. The number of rotatable bonds is 1. The lowest BCUT2D eigenvalue weighted by molar-refractivity contribution is 0.549. The normalized spacial score (nSPS) is 26.8. The molecule has 0 aromatic heterocycles. The molecule has 1 aromatic rings. The maximum absolute atomic E-state index is 13.5. The van der Waals surface area contributed by atoms with Crippen LogP contribution in [-0.4, -0.2) is 6.04 Å². The van der Waals surface area contributed by atoms with E-state index in [0.29, 0.717) is 5.02 Å². The third kappa shape index (κ3) is 1.77. The fraction of sp³-hybridized carbons (Fsp3) is 0.455. The van der Waals surface area contributed by atoms with E-state index >= 15 is 0 Å². The van der Waals surface area contributed by atoms with Crippen LogP contribution in [0.1, 0.15) is 30.7 Å². The second-order valence-electron chi connectivity index (χ2n) is 3.87. The fourth-order valence-electron chi connectivity index (χ4n) is 2.18. The van der Waals surface area contributed by atoms with Crippen molar-refractivity contribution in [3.63, 3.8) is 0 Å². The number of nitrogens with two attached hydrogens (primary N) is 1. The van der Waals surface area contributed by atoms with E-state index in [1.807, 2.05) is 0 Å². The monoisotopic (exact) mass is 213 g/mol. The van der Waals surface area contributed by atoms with Crippen molar-refractivity contribution >= 4 is 11.6 Å². The molecule has 1 saturated carbocycles. The highest BCUT2D eigenvalue weighted by molar-refractivity contribution is 6.30. The molecule has 1 aliphatic carbocycles. The zero-order valence-corrected chi connectivity index (χ0v) is 8.60. The molecule has 1 fully saturated rings. The quantitative estimate of drug-likeness (QED) is 0.763. The van der Waals surface area contributed by atoms with Gasteiger partial charge in [-0.05, 0) is 30.5 Å². The number of halogens is 2. The maximum Gasteiger partial charge on any atom is 0.128 e. The smallest absolute Gasteiger partial charge is 0.128 e. The molecule has 0 saturated heterocycles. The number of benzene rings is 1. The van der Waals surface area contributed by atoms with Gasteiger partial charge < -0.3 is 5.73 Å². The maximum atomic E-state index is 13.5. The van der Waals surface area contributed by atoms with Gasteiger partial charge in [0.05, 0.1) is 0 Å². The lowest BCUT2D eigenvalue weighted by atomic mass is 9.94. The highest BCUT2D eigenvalue weighted by atomic mass is 35.5. The van der Waals surface area contributed by atoms with Crippen LogP contribution in [0.2, 0.25) is 5.02 Å². The molecule has 1 aliphatic rings. The van der Waals surface area contributed by atoms with E-state index in [-0.39, 0.29) is 17.8 Å². The first-order chi connectivity index (χ1) is 6.68. The second kappa shape index (κ2) is 3.87. The topological polar surface area (TPSA) is 26.0 Å². The molecule has 2 unspecified atom stereocenters. The molecule has 0 aliphatic heterocycles. The molecule has 2 N–H and O–H groups in total. The fourth-order valence-corrected chi connectivity index (χ4v) is 2.34. The Morgan fingerprint density at radius 2 is 2.14 bits per heavy atom. The molecule has 0 radical (unpaired) electrons. The van der Waals surface area contributed by atoms with Crippen LogP contribution >= 0.6 is 11.6 Å².